The van der Waals surface area contributed by atoms with Gasteiger partial charge in [0.2, 0.25) is 5.91 Å². The van der Waals surface area contributed by atoms with Gasteiger partial charge in [-0.05, 0) is 31.0 Å². The van der Waals surface area contributed by atoms with Gasteiger partial charge in [0.05, 0.1) is 16.5 Å². The largest absolute Gasteiger partial charge is 0.303 e. The summed E-state index contributed by atoms with van der Waals surface area (Å²) in [6.45, 7) is 2.04. The molecule has 0 radical (unpaired) electrons. The second kappa shape index (κ2) is 8.04. The summed E-state index contributed by atoms with van der Waals surface area (Å²) < 4.78 is 0. The molecule has 2 aromatic carbocycles. The van der Waals surface area contributed by atoms with Crippen LogP contribution >= 0.6 is 35.0 Å². The van der Waals surface area contributed by atoms with Gasteiger partial charge in [-0.15, -0.1) is 5.10 Å². The van der Waals surface area contributed by atoms with Crippen LogP contribution in [0.2, 0.25) is 10.0 Å². The summed E-state index contributed by atoms with van der Waals surface area (Å²) in [5, 5.41) is 12.2. The Hall–Kier alpha value is -1.82. The van der Waals surface area contributed by atoms with E-state index in [4.69, 9.17) is 23.2 Å². The maximum Gasteiger partial charge on any atom is 0.239 e. The number of amidine groups is 1. The van der Waals surface area contributed by atoms with E-state index in [1.165, 1.54) is 23.5 Å². The number of hydrogen-bond donors (Lipinski definition) is 1. The minimum absolute atomic E-state index is 0.0518. The first kappa shape index (κ1) is 18.0. The predicted molar refractivity (Wildman–Crippen MR) is 106 cm³/mol. The molecule has 0 unspecified atom stereocenters. The maximum absolute atomic E-state index is 12.1. The van der Waals surface area contributed by atoms with Gasteiger partial charge in [-0.1, -0.05) is 70.9 Å². The molecule has 128 valence electrons. The molecule has 1 heterocycles. The average Bonchev–Trinajstić information content (AvgIpc) is 2.91. The van der Waals surface area contributed by atoms with E-state index >= 15 is 0 Å². The highest BCUT2D eigenvalue weighted by Crippen LogP contribution is 2.24. The lowest BCUT2D eigenvalue weighted by Crippen LogP contribution is -2.25. The van der Waals surface area contributed by atoms with Crippen molar-refractivity contribution in [1.29, 1.82) is 0 Å². The fourth-order valence-electron chi connectivity index (χ4n) is 2.27. The molecule has 1 aliphatic heterocycles. The van der Waals surface area contributed by atoms with Gasteiger partial charge in [0.1, 0.15) is 0 Å². The van der Waals surface area contributed by atoms with Crippen LogP contribution in [0, 0.1) is 6.92 Å². The van der Waals surface area contributed by atoms with Gasteiger partial charge >= 0.3 is 0 Å². The van der Waals surface area contributed by atoms with E-state index in [1.54, 1.807) is 18.2 Å². The second-order valence-electron chi connectivity index (χ2n) is 5.60. The first-order valence-corrected chi connectivity index (χ1v) is 9.24. The molecular formula is C18H15Cl2N3OS. The van der Waals surface area contributed by atoms with Crippen LogP contribution in [0.1, 0.15) is 16.7 Å². The molecule has 0 aromatic heterocycles. The number of carbonyl (C=O) groups excluding carboxylic acids is 1. The Morgan fingerprint density at radius 1 is 1.20 bits per heavy atom. The van der Waals surface area contributed by atoms with Gasteiger partial charge in [-0.2, -0.15) is 5.10 Å². The monoisotopic (exact) mass is 391 g/mol. The highest BCUT2D eigenvalue weighted by atomic mass is 35.5. The Morgan fingerprint density at radius 2 is 1.96 bits per heavy atom. The normalized spacial score (nSPS) is 18.9. The Bertz CT molecular complexity index is 850. The lowest BCUT2D eigenvalue weighted by molar-refractivity contribution is -0.118. The maximum atomic E-state index is 12.1. The minimum atomic E-state index is -0.198. The van der Waals surface area contributed by atoms with Crippen LogP contribution in [0.4, 0.5) is 0 Å². The molecule has 1 fully saturated rings. The number of thioether (sulfide) groups is 1. The number of aryl methyl sites for hydroxylation is 1. The molecule has 7 heteroatoms. The summed E-state index contributed by atoms with van der Waals surface area (Å²) in [5.41, 5.74) is 3.03. The van der Waals surface area contributed by atoms with Crippen molar-refractivity contribution in [3.63, 3.8) is 0 Å². The van der Waals surface area contributed by atoms with Crippen molar-refractivity contribution in [2.24, 2.45) is 10.2 Å². The number of amides is 1. The molecule has 3 rings (SSSR count). The summed E-state index contributed by atoms with van der Waals surface area (Å²) in [6, 6.07) is 13.3. The fourth-order valence-corrected chi connectivity index (χ4v) is 3.70. The van der Waals surface area contributed by atoms with Crippen molar-refractivity contribution in [1.82, 2.24) is 5.32 Å². The van der Waals surface area contributed by atoms with E-state index in [1.807, 2.05) is 31.2 Å². The number of rotatable bonds is 4. The van der Waals surface area contributed by atoms with E-state index in [9.17, 15) is 4.79 Å². The van der Waals surface area contributed by atoms with Crippen LogP contribution in [0.5, 0.6) is 0 Å². The van der Waals surface area contributed by atoms with Crippen LogP contribution < -0.4 is 5.32 Å². The molecule has 1 amide bonds. The number of benzene rings is 2. The Kier molecular flexibility index (Phi) is 5.78. The second-order valence-corrected chi connectivity index (χ2v) is 7.64. The summed E-state index contributed by atoms with van der Waals surface area (Å²) in [7, 11) is 0. The molecule has 4 nitrogen and oxygen atoms in total. The fraction of sp³-hybridized carbons (Fsp3) is 0.167. The van der Waals surface area contributed by atoms with Crippen molar-refractivity contribution < 1.29 is 4.79 Å². The van der Waals surface area contributed by atoms with Crippen molar-refractivity contribution in [3.8, 4) is 0 Å². The number of nitrogens with one attached hydrogen (secondary N) is 1. The molecule has 1 N–H and O–H groups in total. The number of nitrogens with zero attached hydrogens (tertiary/aromatic N) is 2. The summed E-state index contributed by atoms with van der Waals surface area (Å²) in [5.74, 6) is -0.0518. The molecule has 0 bridgehead atoms. The molecule has 0 saturated carbocycles. The molecule has 1 saturated heterocycles. The Morgan fingerprint density at radius 3 is 2.68 bits per heavy atom. The zero-order valence-corrected chi connectivity index (χ0v) is 15.7. The predicted octanol–water partition coefficient (Wildman–Crippen LogP) is 4.47. The van der Waals surface area contributed by atoms with E-state index in [2.05, 4.69) is 15.5 Å². The van der Waals surface area contributed by atoms with E-state index in [0.717, 1.165) is 5.56 Å². The summed E-state index contributed by atoms with van der Waals surface area (Å²) in [6.07, 6.45) is 2.19. The Labute approximate surface area is 160 Å². The molecule has 0 aliphatic carbocycles. The third-order valence-corrected chi connectivity index (χ3v) is 5.26. The third kappa shape index (κ3) is 4.84. The third-order valence-electron chi connectivity index (χ3n) is 3.63. The molecule has 1 atom stereocenters. The molecular weight excluding hydrogens is 377 g/mol. The lowest BCUT2D eigenvalue weighted by Gasteiger charge is -2.05. The van der Waals surface area contributed by atoms with Gasteiger partial charge in [0.25, 0.3) is 0 Å². The minimum Gasteiger partial charge on any atom is -0.303 e. The number of halogens is 2. The number of carbonyl (C=O) groups is 1. The Balaban J connectivity index is 1.64. The molecule has 25 heavy (non-hydrogen) atoms. The van der Waals surface area contributed by atoms with Gasteiger partial charge in [-0.3, -0.25) is 4.79 Å². The van der Waals surface area contributed by atoms with Crippen LogP contribution in [0.3, 0.4) is 0 Å². The quantitative estimate of drug-likeness (QED) is 0.617. The first-order chi connectivity index (χ1) is 12.0. The zero-order chi connectivity index (χ0) is 17.8. The molecule has 0 spiro atoms. The molecule has 2 aromatic rings. The average molecular weight is 392 g/mol. The van der Waals surface area contributed by atoms with E-state index in [-0.39, 0.29) is 11.2 Å². The summed E-state index contributed by atoms with van der Waals surface area (Å²) >= 11 is 13.3. The topological polar surface area (TPSA) is 53.8 Å². The standard InChI is InChI=1S/C18H15Cl2N3OS/c1-11-2-4-12(5-3-11)8-16-17(24)22-18(25-16)23-21-10-13-6-7-14(19)9-15(13)20/h2-7,9-10,16H,8H2,1H3,(H,22,23,24)/b21-10-/t16-/m0/s1. The highest BCUT2D eigenvalue weighted by molar-refractivity contribution is 8.15. The van der Waals surface area contributed by atoms with Crippen LogP contribution in [0.15, 0.2) is 52.7 Å². The smallest absolute Gasteiger partial charge is 0.239 e. The molecule has 1 aliphatic rings. The van der Waals surface area contributed by atoms with Gasteiger partial charge < -0.3 is 5.32 Å². The van der Waals surface area contributed by atoms with E-state index in [0.29, 0.717) is 27.2 Å². The zero-order valence-electron chi connectivity index (χ0n) is 13.4. The SMILES string of the molecule is Cc1ccc(C[C@@H]2SC(=N/N=C\c3ccc(Cl)cc3Cl)NC2=O)cc1. The highest BCUT2D eigenvalue weighted by Gasteiger charge is 2.30. The van der Waals surface area contributed by atoms with Crippen molar-refractivity contribution in [2.45, 2.75) is 18.6 Å². The van der Waals surface area contributed by atoms with Crippen LogP contribution in [-0.4, -0.2) is 22.5 Å². The van der Waals surface area contributed by atoms with Gasteiger partial charge in [-0.25, -0.2) is 0 Å². The van der Waals surface area contributed by atoms with Crippen molar-refractivity contribution >= 4 is 52.3 Å². The summed E-state index contributed by atoms with van der Waals surface area (Å²) in [4.78, 5) is 12.1. The lowest BCUT2D eigenvalue weighted by atomic mass is 10.1. The number of hydrogen-bond acceptors (Lipinski definition) is 4. The van der Waals surface area contributed by atoms with E-state index < -0.39 is 0 Å². The van der Waals surface area contributed by atoms with Crippen LogP contribution in [-0.2, 0) is 11.2 Å². The van der Waals surface area contributed by atoms with Crippen molar-refractivity contribution in [2.75, 3.05) is 0 Å². The van der Waals surface area contributed by atoms with Gasteiger partial charge in [0.15, 0.2) is 5.17 Å². The van der Waals surface area contributed by atoms with Crippen molar-refractivity contribution in [3.05, 3.63) is 69.2 Å². The van der Waals surface area contributed by atoms with Gasteiger partial charge in [0, 0.05) is 10.6 Å². The first-order valence-electron chi connectivity index (χ1n) is 7.60. The van der Waals surface area contributed by atoms with Crippen LogP contribution in [0.25, 0.3) is 0 Å².